The number of benzene rings is 1. The molecule has 77 heavy (non-hydrogen) atoms. The van der Waals surface area contributed by atoms with E-state index in [1.54, 1.807) is 64.1 Å². The minimum atomic E-state index is -2.45. The molecule has 1 fully saturated rings. The molecular formula is C51H69BClN8O13S2Si+. The number of thiazole rings is 1. The van der Waals surface area contributed by atoms with Crippen molar-refractivity contribution in [3.05, 3.63) is 81.7 Å². The van der Waals surface area contributed by atoms with Crippen molar-refractivity contribution >= 4 is 109 Å². The smallest absolute Gasteiger partial charge is 0.413 e. The van der Waals surface area contributed by atoms with Crippen molar-refractivity contribution in [2.45, 2.75) is 135 Å². The lowest BCUT2D eigenvalue weighted by Crippen LogP contribution is -2.71. The van der Waals surface area contributed by atoms with Gasteiger partial charge in [-0.05, 0) is 89.9 Å². The van der Waals surface area contributed by atoms with Crippen LogP contribution in [0.25, 0.3) is 11.0 Å². The molecule has 0 spiro atoms. The Kier molecular flexibility index (Phi) is 19.3. The van der Waals surface area contributed by atoms with Gasteiger partial charge >= 0.3 is 32.2 Å². The van der Waals surface area contributed by atoms with E-state index in [1.165, 1.54) is 24.7 Å². The van der Waals surface area contributed by atoms with E-state index in [0.29, 0.717) is 36.4 Å². The molecule has 2 N–H and O–H groups in total. The number of nitrogens with zero attached hydrogens (tertiary/aromatic N) is 6. The Labute approximate surface area is 463 Å². The van der Waals surface area contributed by atoms with Gasteiger partial charge < -0.3 is 47.6 Å². The van der Waals surface area contributed by atoms with Crippen molar-refractivity contribution < 1.29 is 66.2 Å². The molecule has 0 radical (unpaired) electrons. The number of hydrogen-bond donors (Lipinski definition) is 2. The first-order valence-electron chi connectivity index (χ1n) is 24.8. The summed E-state index contributed by atoms with van der Waals surface area (Å²) >= 11 is 8.83. The molecule has 2 unspecified atom stereocenters. The molecule has 4 amide bonds. The van der Waals surface area contributed by atoms with Crippen molar-refractivity contribution in [1.29, 1.82) is 0 Å². The summed E-state index contributed by atoms with van der Waals surface area (Å²) in [6, 6.07) is 11.7. The van der Waals surface area contributed by atoms with Crippen LogP contribution in [0.2, 0.25) is 22.5 Å². The van der Waals surface area contributed by atoms with E-state index in [4.69, 9.17) is 44.5 Å². The minimum Gasteiger partial charge on any atom is -0.541 e. The number of oxime groups is 1. The zero-order valence-electron chi connectivity index (χ0n) is 46.1. The van der Waals surface area contributed by atoms with Crippen molar-refractivity contribution in [2.24, 2.45) is 5.16 Å². The number of pyridine rings is 1. The predicted octanol–water partition coefficient (Wildman–Crippen LogP) is 6.95. The molecule has 0 aliphatic carbocycles. The molecule has 26 heteroatoms. The number of esters is 1. The molecule has 3 atom stereocenters. The fourth-order valence-corrected chi connectivity index (χ4v) is 10.9. The van der Waals surface area contributed by atoms with Crippen LogP contribution in [-0.2, 0) is 67.0 Å². The van der Waals surface area contributed by atoms with Gasteiger partial charge in [0.1, 0.15) is 56.2 Å². The summed E-state index contributed by atoms with van der Waals surface area (Å²) in [5.74, 6) is -2.31. The van der Waals surface area contributed by atoms with Gasteiger partial charge in [0.25, 0.3) is 11.8 Å². The average Bonchev–Trinajstić information content (AvgIpc) is 3.96. The number of carbonyl (C=O) groups is 6. The second kappa shape index (κ2) is 24.7. The number of β-lactam (4-membered cyclic amide) rings is 1. The number of rotatable bonds is 20. The number of hydrogen-bond acceptors (Lipinski definition) is 17. The van der Waals surface area contributed by atoms with Crippen LogP contribution in [0, 0.1) is 0 Å². The van der Waals surface area contributed by atoms with E-state index in [-0.39, 0.29) is 51.4 Å². The van der Waals surface area contributed by atoms with Gasteiger partial charge in [-0.1, -0.05) is 61.0 Å². The third-order valence-electron chi connectivity index (χ3n) is 12.6. The van der Waals surface area contributed by atoms with Gasteiger partial charge in [0.15, 0.2) is 31.9 Å². The number of halogens is 1. The number of carbonyl (C=O) groups excluding carboxylic acids is 6. The summed E-state index contributed by atoms with van der Waals surface area (Å²) in [6.07, 6.45) is 1.82. The number of amides is 4. The van der Waals surface area contributed by atoms with Crippen LogP contribution in [0.15, 0.2) is 71.3 Å². The van der Waals surface area contributed by atoms with Gasteiger partial charge in [-0.2, -0.15) is 4.57 Å². The third-order valence-corrected chi connectivity index (χ3v) is 19.6. The van der Waals surface area contributed by atoms with Crippen LogP contribution in [0.3, 0.4) is 0 Å². The Morgan fingerprint density at radius 1 is 1.01 bits per heavy atom. The van der Waals surface area contributed by atoms with E-state index < -0.39 is 78.7 Å². The number of aromatic nitrogens is 3. The monoisotopic (exact) mass is 1140 g/mol. The summed E-state index contributed by atoms with van der Waals surface area (Å²) in [5, 5.41) is 8.29. The first-order chi connectivity index (χ1) is 36.0. The molecule has 6 rings (SSSR count). The van der Waals surface area contributed by atoms with Gasteiger partial charge in [0.05, 0.1) is 13.7 Å². The fraction of sp³-hybridized carbons (Fsp3) is 0.510. The summed E-state index contributed by atoms with van der Waals surface area (Å²) < 4.78 is 37.3. The molecule has 4 aromatic rings. The summed E-state index contributed by atoms with van der Waals surface area (Å²) in [6.45, 7) is 21.5. The molecule has 5 heterocycles. The molecule has 2 aliphatic heterocycles. The number of nitrogens with one attached hydrogen (secondary N) is 2. The van der Waals surface area contributed by atoms with Crippen LogP contribution < -0.4 is 19.9 Å². The normalized spacial score (nSPS) is 16.5. The number of aryl methyl sites for hydroxylation is 1. The molecule has 3 aromatic heterocycles. The standard InChI is InChI=1S/C51H68BClN8O13S2Si/c1-49(2,3)71-47(66)56-46-55-36(40(53)76-46)37(57-74-35(44(64)73-52)28-70-77(12,13)51(7,8)9)41(62)54-38-42(63)61-39(45(65)69-27-30-17-19-32(68-11)20-18-30)31(29-75-43(38)61)26-60-23-14-16-33-34(60)21-25-59(33)24-15-22-58(10)48(67)72-50(4,5)6/h14,16-21,23,25,35,38,43H,15,22,24,26-29,52H2,1-13H3,(H-,54,55,56,62,66)/p+1/b57-37-/t35-,38?,43?/m0/s1. The highest BCUT2D eigenvalue weighted by molar-refractivity contribution is 8.00. The molecule has 1 aromatic carbocycles. The molecule has 2 aliphatic rings. The highest BCUT2D eigenvalue weighted by Gasteiger charge is 2.55. The Hall–Kier alpha value is -6.15. The number of anilines is 1. The highest BCUT2D eigenvalue weighted by atomic mass is 35.5. The van der Waals surface area contributed by atoms with Crippen molar-refractivity contribution in [3.63, 3.8) is 0 Å². The second-order valence-electron chi connectivity index (χ2n) is 21.8. The van der Waals surface area contributed by atoms with E-state index in [1.807, 2.05) is 89.8 Å². The van der Waals surface area contributed by atoms with E-state index in [0.717, 1.165) is 22.4 Å². The van der Waals surface area contributed by atoms with E-state index in [9.17, 15) is 28.8 Å². The van der Waals surface area contributed by atoms with Gasteiger partial charge in [-0.15, -0.1) is 11.8 Å². The van der Waals surface area contributed by atoms with Gasteiger partial charge in [-0.25, -0.2) is 24.2 Å². The van der Waals surface area contributed by atoms with Crippen LogP contribution in [0.1, 0.15) is 80.0 Å². The first-order valence-corrected chi connectivity index (χ1v) is 30.0. The van der Waals surface area contributed by atoms with Gasteiger partial charge in [0.2, 0.25) is 11.6 Å². The molecular weight excluding hydrogens is 1070 g/mol. The molecule has 416 valence electrons. The lowest BCUT2D eigenvalue weighted by Gasteiger charge is -2.49. The second-order valence-corrected chi connectivity index (χ2v) is 29.3. The number of methoxy groups -OCH3 is 1. The number of fused-ring (bicyclic) bond motifs is 2. The summed E-state index contributed by atoms with van der Waals surface area (Å²) in [5.41, 5.74) is 0.838. The van der Waals surface area contributed by atoms with E-state index >= 15 is 0 Å². The van der Waals surface area contributed by atoms with Crippen LogP contribution in [-0.4, -0.2) is 139 Å². The van der Waals surface area contributed by atoms with Crippen LogP contribution in [0.5, 0.6) is 5.75 Å². The molecule has 0 bridgehead atoms. The minimum absolute atomic E-state index is 0.0344. The van der Waals surface area contributed by atoms with Gasteiger partial charge in [0, 0.05) is 49.8 Å². The highest BCUT2D eigenvalue weighted by Crippen LogP contribution is 2.42. The quantitative estimate of drug-likeness (QED) is 0.0173. The van der Waals surface area contributed by atoms with Crippen molar-refractivity contribution in [3.8, 4) is 5.75 Å². The molecule has 1 saturated heterocycles. The maximum absolute atomic E-state index is 14.6. The lowest BCUT2D eigenvalue weighted by atomic mass is 10.0. The van der Waals surface area contributed by atoms with Crippen LogP contribution >= 0.6 is 34.7 Å². The summed E-state index contributed by atoms with van der Waals surface area (Å²) in [7, 11) is 1.98. The Balaban J connectivity index is 1.29. The van der Waals surface area contributed by atoms with E-state index in [2.05, 4.69) is 25.3 Å². The number of ether oxygens (including phenoxy) is 4. The summed E-state index contributed by atoms with van der Waals surface area (Å²) in [4.78, 5) is 95.0. The fourth-order valence-electron chi connectivity index (χ4n) is 7.58. The predicted molar refractivity (Wildman–Crippen MR) is 297 cm³/mol. The molecule has 21 nitrogen and oxygen atoms in total. The molecule has 0 saturated carbocycles. The Morgan fingerprint density at radius 2 is 1.70 bits per heavy atom. The maximum atomic E-state index is 14.6. The largest absolute Gasteiger partial charge is 0.541 e. The Morgan fingerprint density at radius 3 is 2.34 bits per heavy atom. The maximum Gasteiger partial charge on any atom is 0.413 e. The first kappa shape index (κ1) is 60.1. The van der Waals surface area contributed by atoms with Gasteiger partial charge in [-0.3, -0.25) is 19.8 Å². The topological polar surface area (TPSA) is 232 Å². The van der Waals surface area contributed by atoms with Crippen molar-refractivity contribution in [1.82, 2.24) is 24.7 Å². The van der Waals surface area contributed by atoms with Crippen molar-refractivity contribution in [2.75, 3.05) is 38.4 Å². The average molecular weight is 1140 g/mol. The number of thioether (sulfide) groups is 1. The lowest BCUT2D eigenvalue weighted by molar-refractivity contribution is -0.663. The Bertz CT molecular complexity index is 2910. The van der Waals surface area contributed by atoms with Crippen LogP contribution in [0.4, 0.5) is 14.7 Å². The SMILES string of the molecule is BOC(=O)[C@H](CO[Si](C)(C)C(C)(C)C)O/N=C(\C(=O)NC1C(=O)N2C(C(=O)OCc3ccc(OC)cc3)=C(C[n+]3cccc4c3ccn4CCCN(C)C(=O)OC(C)(C)C)CSC12)c1nc(NC(=O)OC(C)(C)C)sc1Cl. The zero-order chi connectivity index (χ0) is 56.8. The zero-order valence-corrected chi connectivity index (χ0v) is 49.5. The third kappa shape index (κ3) is 15.3.